The van der Waals surface area contributed by atoms with E-state index in [9.17, 15) is 46.2 Å². The standard InChI is InChI=1S/2C19H17N3O6S.Cr.Na/c2*1-28-19(25)20-13-5-3-4-11-6-8-16(24)18(17(11)13)22-21-14-10-12(29(2,26)27)7-9-15(14)23;;/h2*3-10,21,23H,1-2H3,(H,20,25);;/q;;;+1/b2*22-18+;;. The molecule has 4 aromatic rings. The predicted octanol–water partition coefficient (Wildman–Crippen LogP) is 1.77. The number of hydrogen-bond donors (Lipinski definition) is 6. The van der Waals surface area contributed by atoms with Crippen LogP contribution in [0.15, 0.2) is 105 Å². The first-order valence-corrected chi connectivity index (χ1v) is 20.3. The number of carbonyl (C=O) groups excluding carboxylic acids is 4. The number of rotatable bonds is 8. The summed E-state index contributed by atoms with van der Waals surface area (Å²) in [6, 6.07) is 17.4. The number of nitrogens with zero attached hydrogens (tertiary/aromatic N) is 2. The number of phenols is 2. The van der Waals surface area contributed by atoms with Gasteiger partial charge < -0.3 is 19.7 Å². The number of anilines is 4. The number of allylic oxidation sites excluding steroid dienone is 2. The van der Waals surface area contributed by atoms with Crippen molar-refractivity contribution in [1.82, 2.24) is 0 Å². The molecule has 2 aliphatic rings. The van der Waals surface area contributed by atoms with Gasteiger partial charge in [0, 0.05) is 41.0 Å². The van der Waals surface area contributed by atoms with E-state index in [1.807, 2.05) is 0 Å². The number of phenolic OH excluding ortho intramolecular Hbond substituents is 2. The molecule has 0 atom stereocenters. The third kappa shape index (κ3) is 11.7. The van der Waals surface area contributed by atoms with E-state index in [0.717, 1.165) is 12.5 Å². The third-order valence-electron chi connectivity index (χ3n) is 8.18. The maximum atomic E-state index is 12.4. The summed E-state index contributed by atoms with van der Waals surface area (Å²) in [7, 11) is -4.59. The molecule has 6 N–H and O–H groups in total. The van der Waals surface area contributed by atoms with Crippen molar-refractivity contribution < 1.29 is 103 Å². The molecule has 22 heteroatoms. The molecular weight excluding hydrogens is 872 g/mol. The van der Waals surface area contributed by atoms with Gasteiger partial charge in [-0.2, -0.15) is 10.2 Å². The molecule has 2 aliphatic carbocycles. The molecule has 0 spiro atoms. The third-order valence-corrected chi connectivity index (χ3v) is 10.4. The molecule has 0 aromatic heterocycles. The van der Waals surface area contributed by atoms with Gasteiger partial charge in [-0.15, -0.1) is 0 Å². The molecule has 0 fully saturated rings. The predicted molar refractivity (Wildman–Crippen MR) is 216 cm³/mol. The van der Waals surface area contributed by atoms with E-state index in [0.29, 0.717) is 33.6 Å². The summed E-state index contributed by atoms with van der Waals surface area (Å²) in [6.45, 7) is 0. The van der Waals surface area contributed by atoms with E-state index in [2.05, 4.69) is 41.2 Å². The SMILES string of the molecule is COC(=O)Nc1cccc2c1/C(=N/Nc1cc(S(C)(=O)=O)ccc1O)C(=O)C=C2.COC(=O)Nc1cccc2c1/C(=N/Nc1cc(S(C)(=O)=O)ccc1O)C(=O)C=C2.[Cr].[Na+]. The van der Waals surface area contributed by atoms with Crippen molar-refractivity contribution in [2.75, 3.05) is 48.2 Å². The van der Waals surface area contributed by atoms with Gasteiger partial charge in [-0.1, -0.05) is 36.4 Å². The minimum atomic E-state index is -3.51. The maximum Gasteiger partial charge on any atom is 1.00 e. The van der Waals surface area contributed by atoms with E-state index < -0.39 is 43.4 Å². The maximum absolute atomic E-state index is 12.4. The van der Waals surface area contributed by atoms with Crippen molar-refractivity contribution in [2.45, 2.75) is 9.79 Å². The summed E-state index contributed by atoms with van der Waals surface area (Å²) < 4.78 is 56.1. The minimum Gasteiger partial charge on any atom is -0.506 e. The molecule has 60 heavy (non-hydrogen) atoms. The zero-order chi connectivity index (χ0) is 42.4. The van der Waals surface area contributed by atoms with Crippen LogP contribution in [0.5, 0.6) is 11.5 Å². The van der Waals surface area contributed by atoms with Crippen molar-refractivity contribution >= 4 is 89.8 Å². The first-order chi connectivity index (χ1) is 27.4. The number of fused-ring (bicyclic) bond motifs is 2. The monoisotopic (exact) mass is 905 g/mol. The van der Waals surface area contributed by atoms with Crippen LogP contribution in [0.4, 0.5) is 32.3 Å². The number of hydrogen-bond acceptors (Lipinski definition) is 16. The number of aromatic hydroxyl groups is 2. The Morgan fingerprint density at radius 3 is 1.28 bits per heavy atom. The Kier molecular flexibility index (Phi) is 16.6. The van der Waals surface area contributed by atoms with E-state index in [1.54, 1.807) is 48.6 Å². The van der Waals surface area contributed by atoms with Gasteiger partial charge in [-0.25, -0.2) is 26.4 Å². The smallest absolute Gasteiger partial charge is 0.506 e. The Hall–Kier alpha value is -5.79. The summed E-state index contributed by atoms with van der Waals surface area (Å²) >= 11 is 0. The zero-order valence-electron chi connectivity index (χ0n) is 32.3. The summed E-state index contributed by atoms with van der Waals surface area (Å²) in [5.74, 6) is -1.38. The molecule has 0 radical (unpaired) electrons. The largest absolute Gasteiger partial charge is 1.00 e. The van der Waals surface area contributed by atoms with Gasteiger partial charge >= 0.3 is 41.7 Å². The summed E-state index contributed by atoms with van der Waals surface area (Å²) in [5, 5.41) is 33.2. The fourth-order valence-electron chi connectivity index (χ4n) is 5.34. The molecule has 0 heterocycles. The van der Waals surface area contributed by atoms with Crippen LogP contribution in [0.3, 0.4) is 0 Å². The Morgan fingerprint density at radius 2 is 0.950 bits per heavy atom. The number of nitrogens with one attached hydrogen (secondary N) is 4. The number of ketones is 2. The molecule has 0 bridgehead atoms. The number of ether oxygens (including phenoxy) is 2. The molecule has 0 saturated heterocycles. The summed E-state index contributed by atoms with van der Waals surface area (Å²) in [5.41, 5.74) is 7.61. The molecule has 6 rings (SSSR count). The minimum absolute atomic E-state index is 0. The van der Waals surface area contributed by atoms with Crippen molar-refractivity contribution in [2.24, 2.45) is 10.2 Å². The van der Waals surface area contributed by atoms with Gasteiger partial charge in [-0.3, -0.25) is 31.1 Å². The van der Waals surface area contributed by atoms with E-state index >= 15 is 0 Å². The van der Waals surface area contributed by atoms with Crippen LogP contribution in [0.25, 0.3) is 12.2 Å². The van der Waals surface area contributed by atoms with E-state index in [-0.39, 0.29) is 91.0 Å². The fraction of sp³-hybridized carbons (Fsp3) is 0.105. The van der Waals surface area contributed by atoms with Crippen LogP contribution in [0.1, 0.15) is 22.3 Å². The summed E-state index contributed by atoms with van der Waals surface area (Å²) in [4.78, 5) is 48.1. The average Bonchev–Trinajstić information content (AvgIpc) is 3.17. The van der Waals surface area contributed by atoms with Gasteiger partial charge in [0.15, 0.2) is 19.7 Å². The van der Waals surface area contributed by atoms with Crippen LogP contribution in [0.2, 0.25) is 0 Å². The Labute approximate surface area is 376 Å². The quantitative estimate of drug-likeness (QED) is 0.0837. The van der Waals surface area contributed by atoms with Crippen LogP contribution < -0.4 is 51.0 Å². The van der Waals surface area contributed by atoms with Crippen molar-refractivity contribution in [3.8, 4) is 11.5 Å². The second kappa shape index (κ2) is 20.5. The van der Waals surface area contributed by atoms with Crippen LogP contribution in [-0.2, 0) is 56.1 Å². The first kappa shape index (κ1) is 48.6. The van der Waals surface area contributed by atoms with Crippen molar-refractivity contribution in [3.63, 3.8) is 0 Å². The van der Waals surface area contributed by atoms with Gasteiger partial charge in [-0.05, 0) is 71.8 Å². The molecular formula is C38H34CrN6NaO12S2+. The first-order valence-electron chi connectivity index (χ1n) is 16.6. The molecule has 306 valence electrons. The Balaban J connectivity index is 0.000000310. The van der Waals surface area contributed by atoms with Gasteiger partial charge in [0.2, 0.25) is 11.6 Å². The van der Waals surface area contributed by atoms with E-state index in [4.69, 9.17) is 0 Å². The second-order valence-electron chi connectivity index (χ2n) is 12.2. The Bertz CT molecular complexity index is 2540. The van der Waals surface area contributed by atoms with E-state index in [1.165, 1.54) is 62.8 Å². The van der Waals surface area contributed by atoms with Gasteiger partial charge in [0.1, 0.15) is 22.9 Å². The van der Waals surface area contributed by atoms with Crippen LogP contribution in [0, 0.1) is 0 Å². The molecule has 0 aliphatic heterocycles. The van der Waals surface area contributed by atoms with Crippen LogP contribution in [-0.4, -0.2) is 89.0 Å². The number of amides is 2. The van der Waals surface area contributed by atoms with Gasteiger partial charge in [0.05, 0.1) is 46.8 Å². The number of carbonyl (C=O) groups is 4. The normalized spacial score (nSPS) is 13.9. The topological polar surface area (TPSA) is 268 Å². The molecule has 0 saturated carbocycles. The van der Waals surface area contributed by atoms with Gasteiger partial charge in [0.25, 0.3) is 0 Å². The number of sulfone groups is 2. The van der Waals surface area contributed by atoms with Crippen LogP contribution >= 0.6 is 0 Å². The molecule has 4 aromatic carbocycles. The molecule has 18 nitrogen and oxygen atoms in total. The van der Waals surface area contributed by atoms with Crippen molar-refractivity contribution in [1.29, 1.82) is 0 Å². The average molecular weight is 906 g/mol. The Morgan fingerprint density at radius 1 is 0.583 bits per heavy atom. The number of hydrazone groups is 2. The zero-order valence-corrected chi connectivity index (χ0v) is 37.2. The molecule has 2 amide bonds. The fourth-order valence-corrected chi connectivity index (χ4v) is 6.63. The summed E-state index contributed by atoms with van der Waals surface area (Å²) in [6.07, 6.45) is 6.44. The molecule has 0 unspecified atom stereocenters. The number of methoxy groups -OCH3 is 2. The second-order valence-corrected chi connectivity index (χ2v) is 16.2. The number of benzene rings is 4. The van der Waals surface area contributed by atoms with Crippen molar-refractivity contribution in [3.05, 3.63) is 107 Å².